The third-order valence-electron chi connectivity index (χ3n) is 4.07. The predicted octanol–water partition coefficient (Wildman–Crippen LogP) is 2.46. The second kappa shape index (κ2) is 7.24. The molecule has 0 radical (unpaired) electrons. The fourth-order valence-corrected chi connectivity index (χ4v) is 3.89. The van der Waals surface area contributed by atoms with Crippen LogP contribution in [-0.2, 0) is 17.1 Å². The lowest BCUT2D eigenvalue weighted by Crippen LogP contribution is -2.18. The lowest BCUT2D eigenvalue weighted by molar-refractivity contribution is -0.385. The zero-order valence-electron chi connectivity index (χ0n) is 15.0. The summed E-state index contributed by atoms with van der Waals surface area (Å²) >= 11 is 0. The number of hydrogen-bond donors (Lipinski definition) is 1. The summed E-state index contributed by atoms with van der Waals surface area (Å²) in [5.74, 6) is 0. The van der Waals surface area contributed by atoms with E-state index in [2.05, 4.69) is 9.82 Å². The van der Waals surface area contributed by atoms with Crippen LogP contribution in [0.5, 0.6) is 0 Å². The van der Waals surface area contributed by atoms with Crippen LogP contribution >= 0.6 is 0 Å². The molecule has 0 saturated heterocycles. The molecule has 1 heterocycles. The summed E-state index contributed by atoms with van der Waals surface area (Å²) < 4.78 is 28.9. The smallest absolute Gasteiger partial charge is 0.270 e. The molecule has 1 aromatic heterocycles. The topological polar surface area (TPSA) is 124 Å². The normalized spacial score (nSPS) is 11.2. The summed E-state index contributed by atoms with van der Waals surface area (Å²) in [6, 6.07) is 13.1. The van der Waals surface area contributed by atoms with E-state index in [-0.39, 0.29) is 16.1 Å². The van der Waals surface area contributed by atoms with Gasteiger partial charge in [0.1, 0.15) is 0 Å². The van der Waals surface area contributed by atoms with Gasteiger partial charge in [-0.3, -0.25) is 19.6 Å². The molecule has 0 bridgehead atoms. The molecule has 9 nitrogen and oxygen atoms in total. The summed E-state index contributed by atoms with van der Waals surface area (Å²) in [4.78, 5) is 21.5. The molecule has 0 saturated carbocycles. The number of aromatic nitrogens is 2. The van der Waals surface area contributed by atoms with E-state index >= 15 is 0 Å². The molecule has 1 N–H and O–H groups in total. The number of nitro benzene ring substituents is 1. The summed E-state index contributed by atoms with van der Waals surface area (Å²) in [7, 11) is -2.47. The molecule has 10 heteroatoms. The van der Waals surface area contributed by atoms with Crippen LogP contribution < -0.4 is 10.3 Å². The van der Waals surface area contributed by atoms with Crippen molar-refractivity contribution in [2.24, 2.45) is 7.05 Å². The first-order valence-electron chi connectivity index (χ1n) is 8.10. The van der Waals surface area contributed by atoms with Crippen LogP contribution in [0.3, 0.4) is 0 Å². The van der Waals surface area contributed by atoms with E-state index in [1.807, 2.05) is 0 Å². The summed E-state index contributed by atoms with van der Waals surface area (Å²) in [5, 5.41) is 15.1. The van der Waals surface area contributed by atoms with E-state index in [4.69, 9.17) is 0 Å². The van der Waals surface area contributed by atoms with Crippen molar-refractivity contribution in [2.75, 3.05) is 4.72 Å². The Morgan fingerprint density at radius 1 is 1.07 bits per heavy atom. The maximum absolute atomic E-state index is 12.7. The van der Waals surface area contributed by atoms with Crippen LogP contribution in [0.15, 0.2) is 64.3 Å². The van der Waals surface area contributed by atoms with Gasteiger partial charge in [-0.05, 0) is 30.7 Å². The van der Waals surface area contributed by atoms with Crippen molar-refractivity contribution in [1.29, 1.82) is 0 Å². The van der Waals surface area contributed by atoms with Gasteiger partial charge in [-0.2, -0.15) is 5.10 Å². The second-order valence-electron chi connectivity index (χ2n) is 6.07. The Kier molecular flexibility index (Phi) is 4.97. The van der Waals surface area contributed by atoms with Gasteiger partial charge in [-0.25, -0.2) is 13.1 Å². The molecule has 3 rings (SSSR count). The number of rotatable bonds is 5. The molecule has 0 unspecified atom stereocenters. The number of non-ortho nitro benzene ring substituents is 1. The highest BCUT2D eigenvalue weighted by atomic mass is 32.2. The number of nitrogens with one attached hydrogen (secondary N) is 1. The van der Waals surface area contributed by atoms with E-state index in [1.165, 1.54) is 29.9 Å². The first-order chi connectivity index (χ1) is 13.2. The van der Waals surface area contributed by atoms with Crippen molar-refractivity contribution in [1.82, 2.24) is 9.78 Å². The van der Waals surface area contributed by atoms with E-state index in [0.29, 0.717) is 22.5 Å². The Labute approximate surface area is 160 Å². The number of anilines is 1. The van der Waals surface area contributed by atoms with Gasteiger partial charge in [-0.15, -0.1) is 0 Å². The first-order valence-corrected chi connectivity index (χ1v) is 9.58. The van der Waals surface area contributed by atoms with Gasteiger partial charge in [0.2, 0.25) is 0 Å². The van der Waals surface area contributed by atoms with Gasteiger partial charge < -0.3 is 0 Å². The lowest BCUT2D eigenvalue weighted by Gasteiger charge is -2.11. The molecule has 0 aliphatic rings. The minimum absolute atomic E-state index is 0.162. The number of aryl methyl sites for hydroxylation is 2. The van der Waals surface area contributed by atoms with Crippen molar-refractivity contribution in [3.63, 3.8) is 0 Å². The van der Waals surface area contributed by atoms with E-state index in [1.54, 1.807) is 37.3 Å². The molecule has 0 aliphatic heterocycles. The average Bonchev–Trinajstić information content (AvgIpc) is 2.64. The number of nitro groups is 1. The van der Waals surface area contributed by atoms with Crippen LogP contribution in [0.25, 0.3) is 11.3 Å². The van der Waals surface area contributed by atoms with Gasteiger partial charge in [-0.1, -0.05) is 18.2 Å². The Balaban J connectivity index is 1.89. The average molecular weight is 400 g/mol. The largest absolute Gasteiger partial charge is 0.280 e. The molecule has 144 valence electrons. The molecule has 28 heavy (non-hydrogen) atoms. The van der Waals surface area contributed by atoms with Crippen LogP contribution in [0.1, 0.15) is 5.56 Å². The number of nitrogens with zero attached hydrogens (tertiary/aromatic N) is 3. The van der Waals surface area contributed by atoms with Crippen LogP contribution in [0.2, 0.25) is 0 Å². The highest BCUT2D eigenvalue weighted by molar-refractivity contribution is 7.92. The third kappa shape index (κ3) is 3.91. The van der Waals surface area contributed by atoms with Gasteiger partial charge in [0.05, 0.1) is 15.5 Å². The molecular formula is C18H16N4O5S. The quantitative estimate of drug-likeness (QED) is 0.518. The van der Waals surface area contributed by atoms with Gasteiger partial charge in [0, 0.05) is 36.5 Å². The lowest BCUT2D eigenvalue weighted by atomic mass is 10.1. The van der Waals surface area contributed by atoms with Crippen molar-refractivity contribution in [3.05, 3.63) is 80.6 Å². The second-order valence-corrected chi connectivity index (χ2v) is 7.72. The number of sulfonamides is 1. The third-order valence-corrected chi connectivity index (χ3v) is 5.59. The van der Waals surface area contributed by atoms with Crippen molar-refractivity contribution >= 4 is 21.4 Å². The Morgan fingerprint density at radius 2 is 1.75 bits per heavy atom. The van der Waals surface area contributed by atoms with Gasteiger partial charge >= 0.3 is 0 Å². The number of hydrogen-bond acceptors (Lipinski definition) is 6. The molecular weight excluding hydrogens is 384 g/mol. The van der Waals surface area contributed by atoms with Crippen molar-refractivity contribution in [3.8, 4) is 11.3 Å². The van der Waals surface area contributed by atoms with E-state index in [9.17, 15) is 23.3 Å². The monoisotopic (exact) mass is 400 g/mol. The van der Waals surface area contributed by atoms with Crippen LogP contribution in [0, 0.1) is 17.0 Å². The molecule has 0 aliphatic carbocycles. The Morgan fingerprint density at radius 3 is 2.36 bits per heavy atom. The minimum Gasteiger partial charge on any atom is -0.280 e. The SMILES string of the molecule is Cc1ccc([N+](=O)[O-])cc1S(=O)(=O)Nc1ccc(-c2ccc(=O)n(C)n2)cc1. The summed E-state index contributed by atoms with van der Waals surface area (Å²) in [5.41, 5.74) is 1.40. The van der Waals surface area contributed by atoms with Crippen LogP contribution in [-0.4, -0.2) is 23.1 Å². The molecule has 0 spiro atoms. The minimum atomic E-state index is -4.01. The highest BCUT2D eigenvalue weighted by Crippen LogP contribution is 2.25. The number of benzene rings is 2. The summed E-state index contributed by atoms with van der Waals surface area (Å²) in [6.45, 7) is 1.56. The van der Waals surface area contributed by atoms with Crippen molar-refractivity contribution < 1.29 is 13.3 Å². The van der Waals surface area contributed by atoms with E-state index < -0.39 is 14.9 Å². The van der Waals surface area contributed by atoms with Gasteiger partial charge in [0.15, 0.2) is 0 Å². The molecule has 0 atom stereocenters. The highest BCUT2D eigenvalue weighted by Gasteiger charge is 2.20. The Hall–Kier alpha value is -3.53. The summed E-state index contributed by atoms with van der Waals surface area (Å²) in [6.07, 6.45) is 0. The predicted molar refractivity (Wildman–Crippen MR) is 104 cm³/mol. The zero-order chi connectivity index (χ0) is 20.5. The Bertz CT molecular complexity index is 1220. The zero-order valence-corrected chi connectivity index (χ0v) is 15.8. The standard InChI is InChI=1S/C18H16N4O5S/c1-12-3-8-15(22(24)25)11-17(12)28(26,27)20-14-6-4-13(5-7-14)16-9-10-18(23)21(2)19-16/h3-11,20H,1-2H3. The molecule has 3 aromatic rings. The first kappa shape index (κ1) is 19.2. The van der Waals surface area contributed by atoms with Crippen LogP contribution in [0.4, 0.5) is 11.4 Å². The maximum Gasteiger partial charge on any atom is 0.270 e. The molecule has 0 amide bonds. The maximum atomic E-state index is 12.7. The molecule has 0 fully saturated rings. The molecule has 2 aromatic carbocycles. The van der Waals surface area contributed by atoms with Gasteiger partial charge in [0.25, 0.3) is 21.3 Å². The van der Waals surface area contributed by atoms with Crippen molar-refractivity contribution in [2.45, 2.75) is 11.8 Å². The van der Waals surface area contributed by atoms with E-state index in [0.717, 1.165) is 6.07 Å². The fraction of sp³-hybridized carbons (Fsp3) is 0.111. The fourth-order valence-electron chi connectivity index (χ4n) is 2.57.